The number of H-pyrrole nitrogens is 2. The Labute approximate surface area is 186 Å². The monoisotopic (exact) mass is 430 g/mol. The summed E-state index contributed by atoms with van der Waals surface area (Å²) in [5.74, 6) is 1.49. The predicted octanol–water partition coefficient (Wildman–Crippen LogP) is 4.58. The second-order valence-corrected chi connectivity index (χ2v) is 8.05. The molecule has 1 fully saturated rings. The molecule has 0 amide bonds. The fraction of sp³-hybridized carbons (Fsp3) is 0.280. The molecule has 0 spiro atoms. The summed E-state index contributed by atoms with van der Waals surface area (Å²) in [6.07, 6.45) is 0. The number of ether oxygens (including phenoxy) is 2. The van der Waals surface area contributed by atoms with Gasteiger partial charge in [-0.15, -0.1) is 0 Å². The van der Waals surface area contributed by atoms with Crippen molar-refractivity contribution >= 4 is 22.5 Å². The molecular formula is C25H26N4O3. The van der Waals surface area contributed by atoms with Crippen LogP contribution in [0.15, 0.2) is 42.5 Å². The first-order valence-corrected chi connectivity index (χ1v) is 10.8. The van der Waals surface area contributed by atoms with E-state index in [0.717, 1.165) is 71.3 Å². The molecule has 0 unspecified atom stereocenters. The van der Waals surface area contributed by atoms with Gasteiger partial charge < -0.3 is 24.3 Å². The lowest BCUT2D eigenvalue weighted by Gasteiger charge is -2.28. The Morgan fingerprint density at radius 1 is 1.09 bits per heavy atom. The van der Waals surface area contributed by atoms with Crippen LogP contribution in [0, 0.1) is 6.92 Å². The van der Waals surface area contributed by atoms with E-state index in [1.807, 2.05) is 31.2 Å². The zero-order valence-electron chi connectivity index (χ0n) is 18.5. The Balaban J connectivity index is 1.62. The highest BCUT2D eigenvalue weighted by atomic mass is 16.5. The number of Topliss-reactive ketones (excluding diaryl/α,β-unsaturated/α-hetero) is 1. The molecule has 1 saturated heterocycles. The Hall–Kier alpha value is -3.58. The molecule has 2 aromatic carbocycles. The van der Waals surface area contributed by atoms with Crippen LogP contribution in [0.4, 0.5) is 5.69 Å². The maximum Gasteiger partial charge on any atom is 0.162 e. The third-order valence-corrected chi connectivity index (χ3v) is 6.00. The van der Waals surface area contributed by atoms with Crippen LogP contribution >= 0.6 is 0 Å². The van der Waals surface area contributed by atoms with Crippen molar-refractivity contribution in [3.05, 3.63) is 53.7 Å². The minimum absolute atomic E-state index is 0.0153. The summed E-state index contributed by atoms with van der Waals surface area (Å²) in [5, 5.41) is 0. The lowest BCUT2D eigenvalue weighted by Crippen LogP contribution is -2.36. The highest BCUT2D eigenvalue weighted by Gasteiger charge is 2.23. The van der Waals surface area contributed by atoms with Crippen molar-refractivity contribution in [2.45, 2.75) is 13.8 Å². The maximum absolute atomic E-state index is 12.5. The minimum Gasteiger partial charge on any atom is -0.497 e. The molecule has 4 aromatic rings. The first-order valence-electron chi connectivity index (χ1n) is 10.8. The SMILES string of the molecule is COc1ccc(-c2c(-c3nc4cc(N5CCOCC5)ccc4[nH]3)[nH]c(C)c2C(C)=O)cc1. The zero-order valence-corrected chi connectivity index (χ0v) is 18.5. The van der Waals surface area contributed by atoms with Gasteiger partial charge in [0.15, 0.2) is 11.6 Å². The number of nitrogens with zero attached hydrogens (tertiary/aromatic N) is 2. The summed E-state index contributed by atoms with van der Waals surface area (Å²) >= 11 is 0. The molecule has 2 aromatic heterocycles. The standard InChI is InChI=1S/C25H26N4O3/c1-15-22(16(2)30)23(17-4-7-19(31-3)8-5-17)24(26-15)25-27-20-9-6-18(14-21(20)28-25)29-10-12-32-13-11-29/h4-9,14,26H,10-13H2,1-3H3,(H,27,28). The van der Waals surface area contributed by atoms with Crippen LogP contribution in [-0.2, 0) is 4.74 Å². The maximum atomic E-state index is 12.5. The van der Waals surface area contributed by atoms with Gasteiger partial charge in [-0.3, -0.25) is 4.79 Å². The number of imidazole rings is 1. The normalized spacial score (nSPS) is 14.2. The third kappa shape index (κ3) is 3.54. The molecule has 1 aliphatic rings. The molecule has 2 N–H and O–H groups in total. The lowest BCUT2D eigenvalue weighted by molar-refractivity contribution is 0.101. The van der Waals surface area contributed by atoms with Crippen molar-refractivity contribution in [2.24, 2.45) is 0 Å². The number of rotatable bonds is 5. The summed E-state index contributed by atoms with van der Waals surface area (Å²) in [5.41, 5.74) is 7.08. The van der Waals surface area contributed by atoms with Crippen molar-refractivity contribution < 1.29 is 14.3 Å². The lowest BCUT2D eigenvalue weighted by atomic mass is 9.97. The van der Waals surface area contributed by atoms with E-state index >= 15 is 0 Å². The van der Waals surface area contributed by atoms with Gasteiger partial charge in [-0.1, -0.05) is 12.1 Å². The molecule has 0 atom stereocenters. The van der Waals surface area contributed by atoms with Gasteiger partial charge in [0.1, 0.15) is 5.75 Å². The molecule has 32 heavy (non-hydrogen) atoms. The Kier molecular flexibility index (Phi) is 5.19. The summed E-state index contributed by atoms with van der Waals surface area (Å²) in [6.45, 7) is 6.76. The summed E-state index contributed by atoms with van der Waals surface area (Å²) in [7, 11) is 1.64. The molecule has 164 valence electrons. The average Bonchev–Trinajstić information content (AvgIpc) is 3.40. The summed E-state index contributed by atoms with van der Waals surface area (Å²) < 4.78 is 10.8. The van der Waals surface area contributed by atoms with Crippen LogP contribution in [0.5, 0.6) is 5.75 Å². The van der Waals surface area contributed by atoms with Gasteiger partial charge >= 0.3 is 0 Å². The number of aryl methyl sites for hydroxylation is 1. The van der Waals surface area contributed by atoms with Crippen molar-refractivity contribution in [3.63, 3.8) is 0 Å². The minimum atomic E-state index is 0.0153. The van der Waals surface area contributed by atoms with Crippen molar-refractivity contribution in [1.29, 1.82) is 0 Å². The molecule has 5 rings (SSSR count). The summed E-state index contributed by atoms with van der Waals surface area (Å²) in [6, 6.07) is 14.0. The van der Waals surface area contributed by atoms with Gasteiger partial charge in [0.25, 0.3) is 0 Å². The van der Waals surface area contributed by atoms with Crippen LogP contribution < -0.4 is 9.64 Å². The van der Waals surface area contributed by atoms with Gasteiger partial charge in [-0.25, -0.2) is 4.98 Å². The second kappa shape index (κ2) is 8.16. The van der Waals surface area contributed by atoms with E-state index in [1.54, 1.807) is 14.0 Å². The van der Waals surface area contributed by atoms with Crippen molar-refractivity contribution in [2.75, 3.05) is 38.3 Å². The van der Waals surface area contributed by atoms with Gasteiger partial charge in [0.05, 0.1) is 37.1 Å². The van der Waals surface area contributed by atoms with E-state index in [0.29, 0.717) is 11.4 Å². The first-order chi connectivity index (χ1) is 15.5. The second-order valence-electron chi connectivity index (χ2n) is 8.05. The number of hydrogen-bond acceptors (Lipinski definition) is 5. The number of anilines is 1. The molecule has 7 heteroatoms. The number of carbonyl (C=O) groups excluding carboxylic acids is 1. The Morgan fingerprint density at radius 2 is 1.84 bits per heavy atom. The van der Waals surface area contributed by atoms with Crippen LogP contribution in [0.1, 0.15) is 23.0 Å². The number of carbonyl (C=O) groups is 1. The third-order valence-electron chi connectivity index (χ3n) is 6.00. The van der Waals surface area contributed by atoms with E-state index < -0.39 is 0 Å². The van der Waals surface area contributed by atoms with E-state index in [4.69, 9.17) is 14.5 Å². The number of nitrogens with one attached hydrogen (secondary N) is 2. The van der Waals surface area contributed by atoms with E-state index in [1.165, 1.54) is 0 Å². The number of aromatic amines is 2. The highest BCUT2D eigenvalue weighted by molar-refractivity contribution is 6.05. The van der Waals surface area contributed by atoms with Crippen molar-refractivity contribution in [1.82, 2.24) is 15.0 Å². The van der Waals surface area contributed by atoms with Crippen LogP contribution in [0.2, 0.25) is 0 Å². The Morgan fingerprint density at radius 3 is 2.53 bits per heavy atom. The van der Waals surface area contributed by atoms with Gasteiger partial charge in [-0.2, -0.15) is 0 Å². The van der Waals surface area contributed by atoms with Gasteiger partial charge in [-0.05, 0) is 49.7 Å². The highest BCUT2D eigenvalue weighted by Crippen LogP contribution is 2.37. The number of morpholine rings is 1. The van der Waals surface area contributed by atoms with E-state index in [2.05, 4.69) is 33.1 Å². The molecule has 7 nitrogen and oxygen atoms in total. The average molecular weight is 431 g/mol. The topological polar surface area (TPSA) is 83.2 Å². The van der Waals surface area contributed by atoms with Crippen molar-refractivity contribution in [3.8, 4) is 28.4 Å². The largest absolute Gasteiger partial charge is 0.497 e. The molecule has 0 aliphatic carbocycles. The zero-order chi connectivity index (χ0) is 22.2. The molecule has 3 heterocycles. The number of benzene rings is 2. The number of ketones is 1. The quantitative estimate of drug-likeness (QED) is 0.453. The van der Waals surface area contributed by atoms with Crippen LogP contribution in [0.3, 0.4) is 0 Å². The molecule has 0 saturated carbocycles. The molecule has 0 radical (unpaired) electrons. The molecular weight excluding hydrogens is 404 g/mol. The van der Waals surface area contributed by atoms with E-state index in [9.17, 15) is 4.79 Å². The first kappa shape index (κ1) is 20.3. The number of fused-ring (bicyclic) bond motifs is 1. The number of aromatic nitrogens is 3. The molecule has 1 aliphatic heterocycles. The Bertz CT molecular complexity index is 1280. The van der Waals surface area contributed by atoms with Gasteiger partial charge in [0.2, 0.25) is 0 Å². The predicted molar refractivity (Wildman–Crippen MR) is 126 cm³/mol. The van der Waals surface area contributed by atoms with Crippen LogP contribution in [-0.4, -0.2) is 54.1 Å². The van der Waals surface area contributed by atoms with Crippen LogP contribution in [0.25, 0.3) is 33.7 Å². The fourth-order valence-electron chi connectivity index (χ4n) is 4.42. The van der Waals surface area contributed by atoms with E-state index in [-0.39, 0.29) is 5.78 Å². The number of hydrogen-bond donors (Lipinski definition) is 2. The molecule has 0 bridgehead atoms. The van der Waals surface area contributed by atoms with Gasteiger partial charge in [0, 0.05) is 35.6 Å². The fourth-order valence-corrected chi connectivity index (χ4v) is 4.42. The smallest absolute Gasteiger partial charge is 0.162 e. The number of methoxy groups -OCH3 is 1. The summed E-state index contributed by atoms with van der Waals surface area (Å²) in [4.78, 5) is 26.6.